The largest absolute Gasteiger partial charge is 0.462 e. The molecule has 5 heteroatoms. The van der Waals surface area contributed by atoms with Crippen LogP contribution in [0.15, 0.2) is 0 Å². The molecular formula is C8H15BF2O2. The molecule has 3 unspecified atom stereocenters. The molecule has 1 rings (SSSR count). The van der Waals surface area contributed by atoms with Crippen LogP contribution in [0.25, 0.3) is 0 Å². The summed E-state index contributed by atoms with van der Waals surface area (Å²) >= 11 is 0. The van der Waals surface area contributed by atoms with Crippen molar-refractivity contribution in [3.8, 4) is 0 Å². The van der Waals surface area contributed by atoms with Gasteiger partial charge in [0.2, 0.25) is 0 Å². The van der Waals surface area contributed by atoms with Crippen molar-refractivity contribution in [3.05, 3.63) is 0 Å². The van der Waals surface area contributed by atoms with E-state index in [-0.39, 0.29) is 0 Å². The SMILES string of the molecule is COB(OC)C1CCCC(F)C1F. The van der Waals surface area contributed by atoms with Gasteiger partial charge in [-0.15, -0.1) is 0 Å². The molecule has 1 aliphatic carbocycles. The molecule has 1 aliphatic rings. The highest BCUT2D eigenvalue weighted by Crippen LogP contribution is 2.35. The van der Waals surface area contributed by atoms with Crippen molar-refractivity contribution >= 4 is 7.12 Å². The highest BCUT2D eigenvalue weighted by molar-refractivity contribution is 6.46. The Hall–Kier alpha value is -0.155. The molecule has 0 N–H and O–H groups in total. The van der Waals surface area contributed by atoms with Crippen molar-refractivity contribution in [2.75, 3.05) is 14.2 Å². The fraction of sp³-hybridized carbons (Fsp3) is 1.00. The van der Waals surface area contributed by atoms with E-state index in [4.69, 9.17) is 9.31 Å². The Labute approximate surface area is 77.7 Å². The van der Waals surface area contributed by atoms with Gasteiger partial charge in [-0.3, -0.25) is 0 Å². The molecule has 0 heterocycles. The summed E-state index contributed by atoms with van der Waals surface area (Å²) in [7, 11) is 2.28. The third-order valence-electron chi connectivity index (χ3n) is 2.59. The van der Waals surface area contributed by atoms with Crippen LogP contribution >= 0.6 is 0 Å². The maximum atomic E-state index is 13.3. The summed E-state index contributed by atoms with van der Waals surface area (Å²) in [4.78, 5) is 0. The van der Waals surface area contributed by atoms with Gasteiger partial charge in [0.25, 0.3) is 0 Å². The zero-order chi connectivity index (χ0) is 9.84. The van der Waals surface area contributed by atoms with Crippen molar-refractivity contribution < 1.29 is 18.1 Å². The lowest BCUT2D eigenvalue weighted by Crippen LogP contribution is -2.39. The Balaban J connectivity index is 2.55. The first-order valence-electron chi connectivity index (χ1n) is 4.54. The summed E-state index contributed by atoms with van der Waals surface area (Å²) in [5.74, 6) is -0.459. The smallest absolute Gasteiger partial charge is 0.414 e. The van der Waals surface area contributed by atoms with Gasteiger partial charge < -0.3 is 9.31 Å². The summed E-state index contributed by atoms with van der Waals surface area (Å²) in [5, 5.41) is 0. The molecule has 0 bridgehead atoms. The molecule has 0 aliphatic heterocycles. The van der Waals surface area contributed by atoms with E-state index in [1.54, 1.807) is 0 Å². The second-order valence-corrected chi connectivity index (χ2v) is 3.39. The van der Waals surface area contributed by atoms with Crippen LogP contribution in [0.1, 0.15) is 19.3 Å². The molecule has 0 aromatic carbocycles. The monoisotopic (exact) mass is 192 g/mol. The van der Waals surface area contributed by atoms with Crippen LogP contribution in [-0.2, 0) is 9.31 Å². The van der Waals surface area contributed by atoms with Gasteiger partial charge in [-0.25, -0.2) is 8.78 Å². The molecule has 2 nitrogen and oxygen atoms in total. The molecule has 0 saturated heterocycles. The van der Waals surface area contributed by atoms with E-state index in [9.17, 15) is 8.78 Å². The van der Waals surface area contributed by atoms with E-state index in [0.29, 0.717) is 19.3 Å². The van der Waals surface area contributed by atoms with Crippen LogP contribution in [-0.4, -0.2) is 33.7 Å². The van der Waals surface area contributed by atoms with E-state index in [1.807, 2.05) is 0 Å². The fourth-order valence-electron chi connectivity index (χ4n) is 1.87. The van der Waals surface area contributed by atoms with Gasteiger partial charge in [-0.2, -0.15) is 0 Å². The number of hydrogen-bond acceptors (Lipinski definition) is 2. The number of hydrogen-bond donors (Lipinski definition) is 0. The predicted octanol–water partition coefficient (Wildman–Crippen LogP) is 2.00. The Morgan fingerprint density at radius 1 is 1.15 bits per heavy atom. The van der Waals surface area contributed by atoms with Crippen molar-refractivity contribution in [1.82, 2.24) is 0 Å². The normalized spacial score (nSPS) is 34.6. The van der Waals surface area contributed by atoms with Crippen LogP contribution in [0.2, 0.25) is 5.82 Å². The topological polar surface area (TPSA) is 18.5 Å². The number of alkyl halides is 2. The minimum Gasteiger partial charge on any atom is -0.414 e. The van der Waals surface area contributed by atoms with Gasteiger partial charge in [0.05, 0.1) is 0 Å². The third kappa shape index (κ3) is 2.41. The second kappa shape index (κ2) is 4.91. The second-order valence-electron chi connectivity index (χ2n) is 3.39. The Morgan fingerprint density at radius 3 is 2.31 bits per heavy atom. The molecular weight excluding hydrogens is 177 g/mol. The van der Waals surface area contributed by atoms with Crippen molar-refractivity contribution in [3.63, 3.8) is 0 Å². The zero-order valence-corrected chi connectivity index (χ0v) is 8.00. The Morgan fingerprint density at radius 2 is 1.77 bits per heavy atom. The molecule has 0 aromatic heterocycles. The van der Waals surface area contributed by atoms with Crippen LogP contribution < -0.4 is 0 Å². The molecule has 1 saturated carbocycles. The van der Waals surface area contributed by atoms with E-state index in [0.717, 1.165) is 0 Å². The minimum absolute atomic E-state index is 0.317. The quantitative estimate of drug-likeness (QED) is 0.636. The van der Waals surface area contributed by atoms with Gasteiger partial charge >= 0.3 is 7.12 Å². The summed E-state index contributed by atoms with van der Waals surface area (Å²) in [6.45, 7) is 0. The van der Waals surface area contributed by atoms with Crippen molar-refractivity contribution in [2.24, 2.45) is 0 Å². The van der Waals surface area contributed by atoms with E-state index in [1.165, 1.54) is 14.2 Å². The highest BCUT2D eigenvalue weighted by Gasteiger charge is 2.42. The first kappa shape index (κ1) is 10.9. The average Bonchev–Trinajstić information content (AvgIpc) is 2.14. The first-order chi connectivity index (χ1) is 6.20. The summed E-state index contributed by atoms with van der Waals surface area (Å²) in [6, 6.07) is 0. The lowest BCUT2D eigenvalue weighted by Gasteiger charge is -2.30. The Bertz CT molecular complexity index is 153. The van der Waals surface area contributed by atoms with Gasteiger partial charge in [0.15, 0.2) is 0 Å². The average molecular weight is 192 g/mol. The summed E-state index contributed by atoms with van der Waals surface area (Å²) in [6.07, 6.45) is -1.15. The lowest BCUT2D eigenvalue weighted by atomic mass is 9.63. The van der Waals surface area contributed by atoms with Gasteiger partial charge in [0.1, 0.15) is 12.3 Å². The van der Waals surface area contributed by atoms with Gasteiger partial charge in [0, 0.05) is 20.0 Å². The van der Waals surface area contributed by atoms with Gasteiger partial charge in [-0.1, -0.05) is 6.42 Å². The van der Waals surface area contributed by atoms with Gasteiger partial charge in [-0.05, 0) is 12.8 Å². The van der Waals surface area contributed by atoms with Crippen LogP contribution in [0, 0.1) is 0 Å². The number of rotatable bonds is 3. The van der Waals surface area contributed by atoms with Crippen molar-refractivity contribution in [2.45, 2.75) is 37.4 Å². The fourth-order valence-corrected chi connectivity index (χ4v) is 1.87. The predicted molar refractivity (Wildman–Crippen MR) is 47.2 cm³/mol. The minimum atomic E-state index is -1.45. The Kier molecular flexibility index (Phi) is 4.13. The number of halogens is 2. The maximum absolute atomic E-state index is 13.3. The van der Waals surface area contributed by atoms with E-state index >= 15 is 0 Å². The van der Waals surface area contributed by atoms with E-state index in [2.05, 4.69) is 0 Å². The zero-order valence-electron chi connectivity index (χ0n) is 8.00. The summed E-state index contributed by atoms with van der Waals surface area (Å²) in [5.41, 5.74) is 0. The molecule has 76 valence electrons. The van der Waals surface area contributed by atoms with Crippen LogP contribution in [0.5, 0.6) is 0 Å². The molecule has 0 spiro atoms. The van der Waals surface area contributed by atoms with Crippen LogP contribution in [0.4, 0.5) is 8.78 Å². The van der Waals surface area contributed by atoms with Crippen molar-refractivity contribution in [1.29, 1.82) is 0 Å². The molecule has 1 fully saturated rings. The summed E-state index contributed by atoms with van der Waals surface area (Å²) < 4.78 is 36.2. The molecule has 3 atom stereocenters. The van der Waals surface area contributed by atoms with Crippen LogP contribution in [0.3, 0.4) is 0 Å². The molecule has 0 radical (unpaired) electrons. The maximum Gasteiger partial charge on any atom is 0.462 e. The lowest BCUT2D eigenvalue weighted by molar-refractivity contribution is 0.101. The molecule has 0 aromatic rings. The standard InChI is InChI=1S/C8H15BF2O2/c1-12-9(13-2)6-4-3-5-7(10)8(6)11/h6-8H,3-5H2,1-2H3. The molecule has 13 heavy (non-hydrogen) atoms. The molecule has 0 amide bonds. The third-order valence-corrected chi connectivity index (χ3v) is 2.59. The first-order valence-corrected chi connectivity index (χ1v) is 4.54. The van der Waals surface area contributed by atoms with E-state index < -0.39 is 25.3 Å². The highest BCUT2D eigenvalue weighted by atomic mass is 19.2.